The molecular weight excluding hydrogens is 160 g/mol. The molecule has 0 aliphatic carbocycles. The van der Waals surface area contributed by atoms with Crippen LogP contribution in [0, 0.1) is 0 Å². The molecule has 11 heavy (non-hydrogen) atoms. The van der Waals surface area contributed by atoms with Gasteiger partial charge >= 0.3 is 0 Å². The average molecular weight is 171 g/mol. The van der Waals surface area contributed by atoms with Crippen molar-refractivity contribution in [3.8, 4) is 0 Å². The van der Waals surface area contributed by atoms with Crippen LogP contribution in [0.1, 0.15) is 6.92 Å². The van der Waals surface area contributed by atoms with Gasteiger partial charge in [0, 0.05) is 5.71 Å². The first-order valence-electron chi connectivity index (χ1n) is 3.50. The van der Waals surface area contributed by atoms with Gasteiger partial charge in [0.1, 0.15) is 5.16 Å². The van der Waals surface area contributed by atoms with E-state index in [1.54, 1.807) is 6.08 Å². The number of hydrogen-bond acceptors (Lipinski definition) is 2. The number of hydrogen-bond donors (Lipinski definition) is 1. The molecule has 1 unspecified atom stereocenters. The van der Waals surface area contributed by atoms with Crippen LogP contribution in [0.5, 0.6) is 0 Å². The third-order valence-electron chi connectivity index (χ3n) is 1.58. The lowest BCUT2D eigenvalue weighted by Crippen LogP contribution is -2.29. The quantitative estimate of drug-likeness (QED) is 0.595. The number of aliphatic imine (C=N–C) groups is 1. The molecule has 1 atom stereocenters. The Labute approximate surface area is 71.7 Å². The molecule has 0 amide bonds. The van der Waals surface area contributed by atoms with E-state index < -0.39 is 0 Å². The molecule has 2 nitrogen and oxygen atoms in total. The number of halogens is 1. The summed E-state index contributed by atoms with van der Waals surface area (Å²) < 4.78 is 0. The third kappa shape index (κ3) is 2.17. The first-order valence-corrected chi connectivity index (χ1v) is 3.88. The molecule has 0 saturated carbocycles. The first kappa shape index (κ1) is 8.50. The summed E-state index contributed by atoms with van der Waals surface area (Å²) in [6.45, 7) is 1.95. The Kier molecular flexibility index (Phi) is 2.85. The van der Waals surface area contributed by atoms with E-state index in [-0.39, 0.29) is 6.04 Å². The Morgan fingerprint density at radius 2 is 2.36 bits per heavy atom. The van der Waals surface area contributed by atoms with Gasteiger partial charge in [0.15, 0.2) is 0 Å². The molecular formula is C8H11ClN2. The summed E-state index contributed by atoms with van der Waals surface area (Å²) in [5.41, 5.74) is 0.988. The molecule has 1 aliphatic rings. The third-order valence-corrected chi connectivity index (χ3v) is 1.79. The van der Waals surface area contributed by atoms with Crippen LogP contribution in [0.15, 0.2) is 28.4 Å². The van der Waals surface area contributed by atoms with E-state index in [1.165, 1.54) is 0 Å². The maximum absolute atomic E-state index is 5.73. The molecule has 60 valence electrons. The topological polar surface area (TPSA) is 24.4 Å². The van der Waals surface area contributed by atoms with Crippen LogP contribution in [0.2, 0.25) is 0 Å². The van der Waals surface area contributed by atoms with Gasteiger partial charge in [-0.25, -0.2) is 4.99 Å². The summed E-state index contributed by atoms with van der Waals surface area (Å²) >= 11 is 5.73. The Morgan fingerprint density at radius 3 is 3.00 bits per heavy atom. The van der Waals surface area contributed by atoms with Crippen LogP contribution >= 0.6 is 11.6 Å². The van der Waals surface area contributed by atoms with E-state index in [0.29, 0.717) is 5.16 Å². The SMILES string of the molecule is CNC1C=CC=C(Cl)N=C1C. The molecule has 0 aromatic rings. The van der Waals surface area contributed by atoms with Crippen LogP contribution in [-0.2, 0) is 0 Å². The molecule has 0 aromatic carbocycles. The summed E-state index contributed by atoms with van der Waals surface area (Å²) in [5, 5.41) is 3.64. The number of nitrogens with one attached hydrogen (secondary N) is 1. The van der Waals surface area contributed by atoms with Crippen molar-refractivity contribution in [1.29, 1.82) is 0 Å². The Bertz CT molecular complexity index is 228. The van der Waals surface area contributed by atoms with Gasteiger partial charge in [-0.05, 0) is 20.0 Å². The normalized spacial score (nSPS) is 24.1. The second-order valence-corrected chi connectivity index (χ2v) is 2.78. The molecule has 0 spiro atoms. The molecule has 3 heteroatoms. The summed E-state index contributed by atoms with van der Waals surface area (Å²) in [4.78, 5) is 4.15. The highest BCUT2D eigenvalue weighted by Gasteiger charge is 2.06. The maximum Gasteiger partial charge on any atom is 0.129 e. The zero-order valence-electron chi connectivity index (χ0n) is 6.63. The number of likely N-dealkylation sites (N-methyl/N-ethyl adjacent to an activating group) is 1. The van der Waals surface area contributed by atoms with Crippen molar-refractivity contribution < 1.29 is 0 Å². The van der Waals surface area contributed by atoms with E-state index in [0.717, 1.165) is 5.71 Å². The van der Waals surface area contributed by atoms with Crippen LogP contribution < -0.4 is 5.32 Å². The van der Waals surface area contributed by atoms with Gasteiger partial charge in [0.2, 0.25) is 0 Å². The molecule has 0 radical (unpaired) electrons. The molecule has 0 bridgehead atoms. The van der Waals surface area contributed by atoms with Gasteiger partial charge in [-0.2, -0.15) is 0 Å². The van der Waals surface area contributed by atoms with Gasteiger partial charge in [0.05, 0.1) is 6.04 Å². The average Bonchev–Trinajstić information content (AvgIpc) is 2.11. The summed E-state index contributed by atoms with van der Waals surface area (Å²) in [7, 11) is 1.90. The second-order valence-electron chi connectivity index (χ2n) is 2.39. The molecule has 1 heterocycles. The lowest BCUT2D eigenvalue weighted by Gasteiger charge is -2.08. The minimum absolute atomic E-state index is 0.211. The van der Waals surface area contributed by atoms with Crippen LogP contribution in [0.3, 0.4) is 0 Å². The molecule has 0 aromatic heterocycles. The number of rotatable bonds is 1. The van der Waals surface area contributed by atoms with Gasteiger partial charge in [-0.1, -0.05) is 23.8 Å². The van der Waals surface area contributed by atoms with Crippen molar-refractivity contribution in [3.63, 3.8) is 0 Å². The van der Waals surface area contributed by atoms with Crippen molar-refractivity contribution in [2.45, 2.75) is 13.0 Å². The minimum Gasteiger partial charge on any atom is -0.309 e. The van der Waals surface area contributed by atoms with E-state index in [9.17, 15) is 0 Å². The first-order chi connectivity index (χ1) is 5.24. The second kappa shape index (κ2) is 3.69. The van der Waals surface area contributed by atoms with Crippen molar-refractivity contribution in [2.75, 3.05) is 7.05 Å². The monoisotopic (exact) mass is 170 g/mol. The standard InChI is InChI=1S/C8H11ClN2/c1-6-7(10-2)4-3-5-8(9)11-6/h3-5,7,10H,1-2H3. The summed E-state index contributed by atoms with van der Waals surface area (Å²) in [5.74, 6) is 0. The van der Waals surface area contributed by atoms with Gasteiger partial charge in [0.25, 0.3) is 0 Å². The highest BCUT2D eigenvalue weighted by molar-refractivity contribution is 6.30. The van der Waals surface area contributed by atoms with Crippen molar-refractivity contribution in [1.82, 2.24) is 5.32 Å². The van der Waals surface area contributed by atoms with Crippen molar-refractivity contribution >= 4 is 17.3 Å². The van der Waals surface area contributed by atoms with Gasteiger partial charge in [-0.3, -0.25) is 0 Å². The van der Waals surface area contributed by atoms with Crippen LogP contribution in [-0.4, -0.2) is 18.8 Å². The number of nitrogens with zero attached hydrogens (tertiary/aromatic N) is 1. The van der Waals surface area contributed by atoms with Crippen LogP contribution in [0.25, 0.3) is 0 Å². The molecule has 1 N–H and O–H groups in total. The minimum atomic E-state index is 0.211. The van der Waals surface area contributed by atoms with Crippen molar-refractivity contribution in [3.05, 3.63) is 23.4 Å². The lowest BCUT2D eigenvalue weighted by atomic mass is 10.2. The van der Waals surface area contributed by atoms with E-state index in [2.05, 4.69) is 10.3 Å². The largest absolute Gasteiger partial charge is 0.309 e. The van der Waals surface area contributed by atoms with E-state index in [4.69, 9.17) is 11.6 Å². The summed E-state index contributed by atoms with van der Waals surface area (Å²) in [6, 6.07) is 0.211. The van der Waals surface area contributed by atoms with E-state index in [1.807, 2.05) is 26.1 Å². The highest BCUT2D eigenvalue weighted by atomic mass is 35.5. The molecule has 0 fully saturated rings. The maximum atomic E-state index is 5.73. The molecule has 1 aliphatic heterocycles. The Balaban J connectivity index is 2.85. The van der Waals surface area contributed by atoms with Crippen molar-refractivity contribution in [2.24, 2.45) is 4.99 Å². The van der Waals surface area contributed by atoms with Gasteiger partial charge < -0.3 is 5.32 Å². The van der Waals surface area contributed by atoms with Crippen LogP contribution in [0.4, 0.5) is 0 Å². The number of allylic oxidation sites excluding steroid dienone is 2. The summed E-state index contributed by atoms with van der Waals surface area (Å²) in [6.07, 6.45) is 5.71. The lowest BCUT2D eigenvalue weighted by molar-refractivity contribution is 0.821. The highest BCUT2D eigenvalue weighted by Crippen LogP contribution is 2.09. The predicted molar refractivity (Wildman–Crippen MR) is 49.0 cm³/mol. The van der Waals surface area contributed by atoms with Gasteiger partial charge in [-0.15, -0.1) is 0 Å². The fourth-order valence-electron chi connectivity index (χ4n) is 0.966. The zero-order chi connectivity index (χ0) is 8.27. The fourth-order valence-corrected chi connectivity index (χ4v) is 1.17. The zero-order valence-corrected chi connectivity index (χ0v) is 7.39. The predicted octanol–water partition coefficient (Wildman–Crippen LogP) is 1.69. The molecule has 1 rings (SSSR count). The molecule has 0 saturated heterocycles. The Morgan fingerprint density at radius 1 is 1.64 bits per heavy atom. The smallest absolute Gasteiger partial charge is 0.129 e. The van der Waals surface area contributed by atoms with E-state index >= 15 is 0 Å². The fraction of sp³-hybridized carbons (Fsp3) is 0.375. The Hall–Kier alpha value is -0.600.